The van der Waals surface area contributed by atoms with Crippen LogP contribution in [0.1, 0.15) is 61.1 Å². The summed E-state index contributed by atoms with van der Waals surface area (Å²) in [6.07, 6.45) is 3.00. The summed E-state index contributed by atoms with van der Waals surface area (Å²) >= 11 is 0. The van der Waals surface area contributed by atoms with E-state index in [4.69, 9.17) is 10.5 Å². The zero-order chi connectivity index (χ0) is 22.8. The number of amides is 1. The van der Waals surface area contributed by atoms with Crippen molar-refractivity contribution >= 4 is 23.3 Å². The van der Waals surface area contributed by atoms with Gasteiger partial charge < -0.3 is 20.3 Å². The maximum Gasteiger partial charge on any atom is 0.328 e. The highest BCUT2D eigenvalue weighted by molar-refractivity contribution is 6.07. The average Bonchev–Trinajstić information content (AvgIpc) is 2.93. The number of benzene rings is 2. The molecule has 1 aliphatic rings. The van der Waals surface area contributed by atoms with Gasteiger partial charge in [-0.2, -0.15) is 0 Å². The Labute approximate surface area is 185 Å². The van der Waals surface area contributed by atoms with Gasteiger partial charge in [-0.3, -0.25) is 4.79 Å². The largest absolute Gasteiger partial charge is 0.459 e. The Morgan fingerprint density at radius 2 is 1.81 bits per heavy atom. The molecular formula is C25H33N3O3. The zero-order valence-electron chi connectivity index (χ0n) is 19.1. The summed E-state index contributed by atoms with van der Waals surface area (Å²) < 4.78 is 5.46. The molecular weight excluding hydrogens is 390 g/mol. The number of anilines is 2. The highest BCUT2D eigenvalue weighted by atomic mass is 16.6. The minimum Gasteiger partial charge on any atom is -0.459 e. The Kier molecular flexibility index (Phi) is 6.70. The van der Waals surface area contributed by atoms with Crippen LogP contribution < -0.4 is 15.5 Å². The Bertz CT molecular complexity index is 963. The number of esters is 1. The van der Waals surface area contributed by atoms with E-state index in [-0.39, 0.29) is 5.91 Å². The van der Waals surface area contributed by atoms with Crippen LogP contribution in [0.25, 0.3) is 0 Å². The molecule has 0 spiro atoms. The number of hydrogen-bond donors (Lipinski definition) is 1. The molecule has 6 nitrogen and oxygen atoms in total. The fourth-order valence-corrected chi connectivity index (χ4v) is 3.88. The van der Waals surface area contributed by atoms with Crippen LogP contribution in [0.4, 0.5) is 11.4 Å². The van der Waals surface area contributed by atoms with Gasteiger partial charge in [-0.1, -0.05) is 24.3 Å². The van der Waals surface area contributed by atoms with Crippen LogP contribution >= 0.6 is 0 Å². The molecule has 0 aliphatic carbocycles. The van der Waals surface area contributed by atoms with E-state index in [2.05, 4.69) is 6.07 Å². The third-order valence-corrected chi connectivity index (χ3v) is 5.36. The van der Waals surface area contributed by atoms with Gasteiger partial charge in [0.1, 0.15) is 11.6 Å². The molecule has 1 amide bonds. The molecule has 0 fully saturated rings. The Morgan fingerprint density at radius 1 is 1.10 bits per heavy atom. The van der Waals surface area contributed by atoms with Gasteiger partial charge in [0, 0.05) is 43.1 Å². The molecule has 0 aromatic heterocycles. The van der Waals surface area contributed by atoms with E-state index in [1.54, 1.807) is 12.1 Å². The number of para-hydroxylation sites is 1. The second-order valence-corrected chi connectivity index (χ2v) is 9.22. The van der Waals surface area contributed by atoms with Crippen LogP contribution in [0.3, 0.4) is 0 Å². The van der Waals surface area contributed by atoms with Crippen LogP contribution in [-0.2, 0) is 16.0 Å². The minimum absolute atomic E-state index is 0.0464. The van der Waals surface area contributed by atoms with E-state index >= 15 is 0 Å². The smallest absolute Gasteiger partial charge is 0.328 e. The third kappa shape index (κ3) is 5.25. The summed E-state index contributed by atoms with van der Waals surface area (Å²) in [6, 6.07) is 12.5. The van der Waals surface area contributed by atoms with Crippen molar-refractivity contribution in [3.63, 3.8) is 0 Å². The molecule has 166 valence electrons. The number of aryl methyl sites for hydroxylation is 1. The van der Waals surface area contributed by atoms with Gasteiger partial charge in [0.15, 0.2) is 0 Å². The van der Waals surface area contributed by atoms with Crippen molar-refractivity contribution in [1.29, 1.82) is 0 Å². The fourth-order valence-electron chi connectivity index (χ4n) is 3.88. The van der Waals surface area contributed by atoms with E-state index in [1.165, 1.54) is 5.56 Å². The van der Waals surface area contributed by atoms with Gasteiger partial charge in [0.2, 0.25) is 0 Å². The van der Waals surface area contributed by atoms with Gasteiger partial charge >= 0.3 is 5.97 Å². The first-order valence-corrected chi connectivity index (χ1v) is 10.8. The third-order valence-electron chi connectivity index (χ3n) is 5.36. The van der Waals surface area contributed by atoms with E-state index in [9.17, 15) is 9.59 Å². The van der Waals surface area contributed by atoms with Crippen molar-refractivity contribution in [1.82, 2.24) is 0 Å². The van der Waals surface area contributed by atoms with Crippen LogP contribution in [0.2, 0.25) is 0 Å². The number of carbonyl (C=O) groups is 2. The molecule has 3 rings (SSSR count). The summed E-state index contributed by atoms with van der Waals surface area (Å²) in [7, 11) is 3.74. The predicted octanol–water partition coefficient (Wildman–Crippen LogP) is 4.08. The molecule has 0 radical (unpaired) electrons. The molecule has 1 unspecified atom stereocenters. The minimum atomic E-state index is -0.931. The van der Waals surface area contributed by atoms with Gasteiger partial charge in [-0.25, -0.2) is 4.79 Å². The molecule has 31 heavy (non-hydrogen) atoms. The molecule has 2 aromatic carbocycles. The number of ether oxygens (including phenoxy) is 1. The maximum absolute atomic E-state index is 13.5. The molecule has 0 bridgehead atoms. The molecule has 2 aromatic rings. The lowest BCUT2D eigenvalue weighted by atomic mass is 10.0. The molecule has 1 aliphatic heterocycles. The molecule has 1 heterocycles. The van der Waals surface area contributed by atoms with Crippen molar-refractivity contribution in [2.75, 3.05) is 30.4 Å². The van der Waals surface area contributed by atoms with Crippen LogP contribution in [0.5, 0.6) is 0 Å². The normalized spacial score (nSPS) is 15.0. The molecule has 0 saturated heterocycles. The lowest BCUT2D eigenvalue weighted by Gasteiger charge is -2.27. The summed E-state index contributed by atoms with van der Waals surface area (Å²) in [5.74, 6) is -0.536. The second kappa shape index (κ2) is 9.10. The fraction of sp³-hybridized carbons (Fsp3) is 0.440. The predicted molar refractivity (Wildman–Crippen MR) is 125 cm³/mol. The van der Waals surface area contributed by atoms with E-state index in [1.807, 2.05) is 68.9 Å². The molecule has 2 N–H and O–H groups in total. The number of hydrogen-bond acceptors (Lipinski definition) is 5. The summed E-state index contributed by atoms with van der Waals surface area (Å²) in [4.78, 5) is 29.7. The molecule has 6 heteroatoms. The summed E-state index contributed by atoms with van der Waals surface area (Å²) in [6.45, 7) is 6.12. The average molecular weight is 424 g/mol. The number of carbonyl (C=O) groups excluding carboxylic acids is 2. The van der Waals surface area contributed by atoms with Crippen molar-refractivity contribution in [3.05, 3.63) is 59.2 Å². The topological polar surface area (TPSA) is 75.9 Å². The Balaban J connectivity index is 1.94. The summed E-state index contributed by atoms with van der Waals surface area (Å²) in [5, 5.41) is 0. The number of rotatable bonds is 4. The first-order chi connectivity index (χ1) is 14.6. The van der Waals surface area contributed by atoms with E-state index in [0.717, 1.165) is 30.6 Å². The van der Waals surface area contributed by atoms with Crippen molar-refractivity contribution < 1.29 is 14.3 Å². The SMILES string of the molecule is CN(C)c1cc(C(=O)N2CCCCc3ccccc32)ccc1C(N)C(=O)OC(C)(C)C. The standard InChI is InChI=1S/C25H33N3O3/c1-25(2,3)31-24(30)22(26)19-14-13-18(16-21(19)27(4)5)23(29)28-15-9-8-11-17-10-6-7-12-20(17)28/h6-7,10,12-14,16,22H,8-9,11,15,26H2,1-5H3. The first kappa shape index (κ1) is 22.8. The highest BCUT2D eigenvalue weighted by Crippen LogP contribution is 2.31. The Hall–Kier alpha value is -2.86. The van der Waals surface area contributed by atoms with Gasteiger partial charge in [-0.15, -0.1) is 0 Å². The van der Waals surface area contributed by atoms with Gasteiger partial charge in [0.05, 0.1) is 0 Å². The van der Waals surface area contributed by atoms with Crippen molar-refractivity contribution in [2.24, 2.45) is 5.73 Å². The van der Waals surface area contributed by atoms with E-state index in [0.29, 0.717) is 17.7 Å². The van der Waals surface area contributed by atoms with Crippen LogP contribution in [-0.4, -0.2) is 38.1 Å². The van der Waals surface area contributed by atoms with Crippen molar-refractivity contribution in [2.45, 2.75) is 51.7 Å². The van der Waals surface area contributed by atoms with Gasteiger partial charge in [-0.05, 0) is 63.8 Å². The lowest BCUT2D eigenvalue weighted by Crippen LogP contribution is -2.33. The number of nitrogens with two attached hydrogens (primary N) is 1. The maximum atomic E-state index is 13.5. The molecule has 0 saturated carbocycles. The lowest BCUT2D eigenvalue weighted by molar-refractivity contribution is -0.156. The monoisotopic (exact) mass is 423 g/mol. The highest BCUT2D eigenvalue weighted by Gasteiger charge is 2.28. The quantitative estimate of drug-likeness (QED) is 0.750. The zero-order valence-corrected chi connectivity index (χ0v) is 19.1. The summed E-state index contributed by atoms with van der Waals surface area (Å²) in [5.41, 5.74) is 9.73. The Morgan fingerprint density at radius 3 is 2.48 bits per heavy atom. The van der Waals surface area contributed by atoms with Gasteiger partial charge in [0.25, 0.3) is 5.91 Å². The second-order valence-electron chi connectivity index (χ2n) is 9.22. The van der Waals surface area contributed by atoms with E-state index < -0.39 is 17.6 Å². The van der Waals surface area contributed by atoms with Crippen molar-refractivity contribution in [3.8, 4) is 0 Å². The van der Waals surface area contributed by atoms with Crippen LogP contribution in [0.15, 0.2) is 42.5 Å². The number of fused-ring (bicyclic) bond motifs is 1. The molecule has 1 atom stereocenters. The number of nitrogens with zero attached hydrogens (tertiary/aromatic N) is 2. The van der Waals surface area contributed by atoms with Crippen LogP contribution in [0, 0.1) is 0 Å². The first-order valence-electron chi connectivity index (χ1n) is 10.8.